The van der Waals surface area contributed by atoms with Gasteiger partial charge in [0.2, 0.25) is 0 Å². The standard InChI is InChI=1S/C12H20O4S/c1-5-15-10(13)8-6-7-9(17-8)11(14)16-12(2,3)4/h8-9H,5-7H2,1-4H3/t8-,9-/m1/s1. The fourth-order valence-electron chi connectivity index (χ4n) is 1.59. The van der Waals surface area contributed by atoms with Crippen molar-refractivity contribution < 1.29 is 19.1 Å². The predicted molar refractivity (Wildman–Crippen MR) is 66.9 cm³/mol. The molecule has 1 heterocycles. The molecule has 1 aliphatic heterocycles. The zero-order valence-electron chi connectivity index (χ0n) is 10.8. The third-order valence-electron chi connectivity index (χ3n) is 2.24. The number of carbonyl (C=O) groups excluding carboxylic acids is 2. The third-order valence-corrected chi connectivity index (χ3v) is 3.75. The minimum absolute atomic E-state index is 0.215. The van der Waals surface area contributed by atoms with Gasteiger partial charge in [0, 0.05) is 0 Å². The lowest BCUT2D eigenvalue weighted by Crippen LogP contribution is -2.29. The van der Waals surface area contributed by atoms with Crippen LogP contribution < -0.4 is 0 Å². The maximum absolute atomic E-state index is 11.8. The van der Waals surface area contributed by atoms with Crippen LogP contribution in [-0.4, -0.2) is 34.6 Å². The Balaban J connectivity index is 2.45. The first kappa shape index (κ1) is 14.4. The maximum atomic E-state index is 11.8. The second-order valence-corrected chi connectivity index (χ2v) is 6.39. The monoisotopic (exact) mass is 260 g/mol. The molecule has 2 atom stereocenters. The summed E-state index contributed by atoms with van der Waals surface area (Å²) in [6.45, 7) is 7.68. The van der Waals surface area contributed by atoms with Crippen molar-refractivity contribution in [3.63, 3.8) is 0 Å². The minimum atomic E-state index is -0.473. The molecular weight excluding hydrogens is 240 g/mol. The summed E-state index contributed by atoms with van der Waals surface area (Å²) in [7, 11) is 0. The predicted octanol–water partition coefficient (Wildman–Crippen LogP) is 2.16. The van der Waals surface area contributed by atoms with Crippen molar-refractivity contribution in [1.29, 1.82) is 0 Å². The van der Waals surface area contributed by atoms with Gasteiger partial charge in [-0.05, 0) is 40.5 Å². The second-order valence-electron chi connectivity index (χ2n) is 4.98. The zero-order valence-corrected chi connectivity index (χ0v) is 11.6. The van der Waals surface area contributed by atoms with Gasteiger partial charge in [-0.2, -0.15) is 0 Å². The molecule has 0 bridgehead atoms. The summed E-state index contributed by atoms with van der Waals surface area (Å²) in [5.74, 6) is -0.446. The van der Waals surface area contributed by atoms with Gasteiger partial charge in [0.1, 0.15) is 16.1 Å². The lowest BCUT2D eigenvalue weighted by atomic mass is 10.1. The van der Waals surface area contributed by atoms with Crippen LogP contribution in [0.1, 0.15) is 40.5 Å². The Labute approximate surface area is 106 Å². The molecule has 5 heteroatoms. The summed E-state index contributed by atoms with van der Waals surface area (Å²) in [6, 6.07) is 0. The lowest BCUT2D eigenvalue weighted by Gasteiger charge is -2.21. The quantitative estimate of drug-likeness (QED) is 0.728. The number of carbonyl (C=O) groups is 2. The first-order valence-corrected chi connectivity index (χ1v) is 6.82. The van der Waals surface area contributed by atoms with Gasteiger partial charge in [0.05, 0.1) is 6.61 Å². The number of hydrogen-bond donors (Lipinski definition) is 0. The van der Waals surface area contributed by atoms with Crippen molar-refractivity contribution in [2.24, 2.45) is 0 Å². The van der Waals surface area contributed by atoms with Gasteiger partial charge in [-0.25, -0.2) is 0 Å². The first-order valence-electron chi connectivity index (χ1n) is 5.88. The summed E-state index contributed by atoms with van der Waals surface area (Å²) in [6.07, 6.45) is 1.37. The zero-order chi connectivity index (χ0) is 13.1. The Bertz CT molecular complexity index is 295. The molecule has 0 amide bonds. The van der Waals surface area contributed by atoms with Crippen LogP contribution in [0.25, 0.3) is 0 Å². The molecule has 0 aromatic rings. The highest BCUT2D eigenvalue weighted by Crippen LogP contribution is 2.35. The molecule has 98 valence electrons. The molecule has 0 spiro atoms. The topological polar surface area (TPSA) is 52.6 Å². The molecular formula is C12H20O4S. The fourth-order valence-corrected chi connectivity index (χ4v) is 2.87. The van der Waals surface area contributed by atoms with Gasteiger partial charge in [-0.3, -0.25) is 9.59 Å². The maximum Gasteiger partial charge on any atom is 0.319 e. The summed E-state index contributed by atoms with van der Waals surface area (Å²) in [4.78, 5) is 23.3. The molecule has 0 aromatic carbocycles. The minimum Gasteiger partial charge on any atom is -0.465 e. The summed E-state index contributed by atoms with van der Waals surface area (Å²) >= 11 is 1.36. The molecule has 1 saturated heterocycles. The van der Waals surface area contributed by atoms with Crippen molar-refractivity contribution in [2.75, 3.05) is 6.61 Å². The molecule has 0 radical (unpaired) electrons. The van der Waals surface area contributed by atoms with Crippen molar-refractivity contribution in [2.45, 2.75) is 56.6 Å². The molecule has 0 unspecified atom stereocenters. The van der Waals surface area contributed by atoms with Crippen molar-refractivity contribution in [3.05, 3.63) is 0 Å². The third kappa shape index (κ3) is 4.58. The van der Waals surface area contributed by atoms with E-state index >= 15 is 0 Å². The number of rotatable bonds is 3. The SMILES string of the molecule is CCOC(=O)[C@H]1CC[C@H](C(=O)OC(C)(C)C)S1. The second kappa shape index (κ2) is 5.76. The number of ether oxygens (including phenoxy) is 2. The normalized spacial score (nSPS) is 24.5. The van der Waals surface area contributed by atoms with Gasteiger partial charge in [0.15, 0.2) is 0 Å². The molecule has 0 N–H and O–H groups in total. The van der Waals surface area contributed by atoms with Crippen molar-refractivity contribution >= 4 is 23.7 Å². The molecule has 0 saturated carbocycles. The van der Waals surface area contributed by atoms with E-state index in [0.29, 0.717) is 19.4 Å². The first-order chi connectivity index (χ1) is 7.83. The van der Waals surface area contributed by atoms with Gasteiger partial charge in [0.25, 0.3) is 0 Å². The largest absolute Gasteiger partial charge is 0.465 e. The van der Waals surface area contributed by atoms with Crippen LogP contribution in [0.5, 0.6) is 0 Å². The van der Waals surface area contributed by atoms with Crippen LogP contribution in [0.15, 0.2) is 0 Å². The molecule has 1 rings (SSSR count). The summed E-state index contributed by atoms with van der Waals surface area (Å²) in [5.41, 5.74) is -0.473. The van der Waals surface area contributed by atoms with Crippen molar-refractivity contribution in [3.8, 4) is 0 Å². The molecule has 4 nitrogen and oxygen atoms in total. The Kier molecular flexibility index (Phi) is 4.86. The Morgan fingerprint density at radius 3 is 2.18 bits per heavy atom. The average Bonchev–Trinajstić information content (AvgIpc) is 2.63. The van der Waals surface area contributed by atoms with Crippen molar-refractivity contribution in [1.82, 2.24) is 0 Å². The van der Waals surface area contributed by atoms with Crippen LogP contribution in [0.2, 0.25) is 0 Å². The van der Waals surface area contributed by atoms with E-state index in [9.17, 15) is 9.59 Å². The molecule has 0 aromatic heterocycles. The number of thioether (sulfide) groups is 1. The Morgan fingerprint density at radius 1 is 1.18 bits per heavy atom. The van der Waals surface area contributed by atoms with E-state index in [-0.39, 0.29) is 22.4 Å². The smallest absolute Gasteiger partial charge is 0.319 e. The Hall–Kier alpha value is -0.710. The Morgan fingerprint density at radius 2 is 1.71 bits per heavy atom. The van der Waals surface area contributed by atoms with Gasteiger partial charge >= 0.3 is 11.9 Å². The molecule has 1 fully saturated rings. The molecule has 0 aliphatic carbocycles. The van der Waals surface area contributed by atoms with E-state index in [1.165, 1.54) is 11.8 Å². The van der Waals surface area contributed by atoms with Crippen LogP contribution in [0.3, 0.4) is 0 Å². The van der Waals surface area contributed by atoms with Crippen LogP contribution in [-0.2, 0) is 19.1 Å². The van der Waals surface area contributed by atoms with E-state index < -0.39 is 5.60 Å². The van der Waals surface area contributed by atoms with E-state index in [1.807, 2.05) is 20.8 Å². The highest BCUT2D eigenvalue weighted by atomic mass is 32.2. The lowest BCUT2D eigenvalue weighted by molar-refractivity contribution is -0.154. The highest BCUT2D eigenvalue weighted by Gasteiger charge is 2.37. The van der Waals surface area contributed by atoms with Gasteiger partial charge in [-0.15, -0.1) is 11.8 Å². The van der Waals surface area contributed by atoms with Crippen LogP contribution in [0.4, 0.5) is 0 Å². The molecule has 17 heavy (non-hydrogen) atoms. The van der Waals surface area contributed by atoms with Gasteiger partial charge in [-0.1, -0.05) is 0 Å². The van der Waals surface area contributed by atoms with Gasteiger partial charge < -0.3 is 9.47 Å². The number of hydrogen-bond acceptors (Lipinski definition) is 5. The summed E-state index contributed by atoms with van der Waals surface area (Å²) < 4.78 is 10.2. The van der Waals surface area contributed by atoms with E-state index in [2.05, 4.69) is 0 Å². The average molecular weight is 260 g/mol. The highest BCUT2D eigenvalue weighted by molar-refractivity contribution is 8.02. The van der Waals surface area contributed by atoms with Crippen LogP contribution in [0, 0.1) is 0 Å². The molecule has 1 aliphatic rings. The fraction of sp³-hybridized carbons (Fsp3) is 0.833. The van der Waals surface area contributed by atoms with E-state index in [1.54, 1.807) is 6.92 Å². The van der Waals surface area contributed by atoms with E-state index in [4.69, 9.17) is 9.47 Å². The summed E-state index contributed by atoms with van der Waals surface area (Å²) in [5, 5.41) is -0.448. The number of esters is 2. The van der Waals surface area contributed by atoms with E-state index in [0.717, 1.165) is 0 Å². The van der Waals surface area contributed by atoms with Crippen LogP contribution >= 0.6 is 11.8 Å².